The van der Waals surface area contributed by atoms with Crippen LogP contribution in [0.4, 0.5) is 9.18 Å². The molecule has 328 valence electrons. The lowest BCUT2D eigenvalue weighted by atomic mass is 9.85. The first-order valence-electron chi connectivity index (χ1n) is 21.0. The van der Waals surface area contributed by atoms with Crippen molar-refractivity contribution in [3.05, 3.63) is 66.5 Å². The highest BCUT2D eigenvalue weighted by atomic mass is 32.2. The van der Waals surface area contributed by atoms with E-state index in [1.807, 2.05) is 32.1 Å². The summed E-state index contributed by atoms with van der Waals surface area (Å²) in [5, 5.41) is 14.9. The summed E-state index contributed by atoms with van der Waals surface area (Å²) in [4.78, 5) is 64.5. The number of allylic oxidation sites excluding steroid dienone is 1. The van der Waals surface area contributed by atoms with Crippen molar-refractivity contribution < 1.29 is 46.6 Å². The minimum atomic E-state index is -4.05. The van der Waals surface area contributed by atoms with Crippen LogP contribution in [0.25, 0.3) is 22.0 Å². The summed E-state index contributed by atoms with van der Waals surface area (Å²) in [7, 11) is -2.51. The second kappa shape index (κ2) is 16.2. The second-order valence-electron chi connectivity index (χ2n) is 18.6. The number of ether oxygens (including phenoxy) is 2. The zero-order valence-corrected chi connectivity index (χ0v) is 36.6. The first-order valence-corrected chi connectivity index (χ1v) is 22.4. The van der Waals surface area contributed by atoms with E-state index in [0.717, 1.165) is 4.90 Å². The molecule has 7 rings (SSSR count). The molecule has 2 aromatic carbocycles. The molecule has 3 N–H and O–H groups in total. The molecule has 3 fully saturated rings. The molecule has 2 saturated carbocycles. The van der Waals surface area contributed by atoms with Gasteiger partial charge in [0.2, 0.25) is 27.7 Å². The van der Waals surface area contributed by atoms with E-state index in [1.165, 1.54) is 17.0 Å². The van der Waals surface area contributed by atoms with E-state index in [4.69, 9.17) is 14.5 Å². The average molecular weight is 862 g/mol. The normalized spacial score (nSPS) is 28.3. The van der Waals surface area contributed by atoms with Crippen LogP contribution in [0.3, 0.4) is 0 Å². The number of carbonyl (C=O) groups is 4. The van der Waals surface area contributed by atoms with Gasteiger partial charge in [-0.2, -0.15) is 0 Å². The molecule has 14 nitrogen and oxygen atoms in total. The minimum Gasteiger partial charge on any atom is -0.497 e. The highest BCUT2D eigenvalue weighted by Gasteiger charge is 2.63. The monoisotopic (exact) mass is 861 g/mol. The third-order valence-corrected chi connectivity index (χ3v) is 15.0. The number of methoxy groups -OCH3 is 1. The highest BCUT2D eigenvalue weighted by Crippen LogP contribution is 2.48. The van der Waals surface area contributed by atoms with Crippen LogP contribution in [0.1, 0.15) is 86.5 Å². The standard InChI is InChI=1S/C45H56FN5O9S/c1-26-10-8-9-11-30-24-45(30,41(54)49-61(57,58)44(6)18-19-44)48-38(52)36-23-33(25-50(36)40(53)37(27(2)20-26)51(42(55)56)43(3,4)5)60-39-34-17-16-32(59-7)21-29(34)22-35(47-39)28-12-14-31(46)15-13-28/h9,11-17,21-22,26-27,30,33,36-37H,8,10,18-20,23-25H2,1-7H3,(H,48,52)(H,49,54)(H,55,56)/b11-9-/t26-,27-,30-,33-,36+,37+,45-/m1/s1. The Hall–Kier alpha value is -5.25. The van der Waals surface area contributed by atoms with Crippen LogP contribution in [0.15, 0.2) is 60.7 Å². The van der Waals surface area contributed by atoms with Gasteiger partial charge in [0.15, 0.2) is 0 Å². The summed E-state index contributed by atoms with van der Waals surface area (Å²) in [6.45, 7) is 10.5. The molecule has 0 spiro atoms. The van der Waals surface area contributed by atoms with E-state index in [-0.39, 0.29) is 31.2 Å². The molecular weight excluding hydrogens is 806 g/mol. The van der Waals surface area contributed by atoms with Gasteiger partial charge in [0.1, 0.15) is 35.3 Å². The lowest BCUT2D eigenvalue weighted by Gasteiger charge is -2.43. The Morgan fingerprint density at radius 1 is 1.07 bits per heavy atom. The molecule has 0 radical (unpaired) electrons. The molecule has 2 aliphatic carbocycles. The zero-order valence-electron chi connectivity index (χ0n) is 35.7. The van der Waals surface area contributed by atoms with Gasteiger partial charge in [-0.1, -0.05) is 26.0 Å². The molecule has 0 unspecified atom stereocenters. The fourth-order valence-corrected chi connectivity index (χ4v) is 10.2. The van der Waals surface area contributed by atoms with Crippen molar-refractivity contribution >= 4 is 44.6 Å². The molecule has 2 aliphatic heterocycles. The Morgan fingerprint density at radius 3 is 2.41 bits per heavy atom. The molecule has 7 atom stereocenters. The summed E-state index contributed by atoms with van der Waals surface area (Å²) in [5.74, 6) is -2.69. The predicted octanol–water partition coefficient (Wildman–Crippen LogP) is 6.43. The predicted molar refractivity (Wildman–Crippen MR) is 227 cm³/mol. The maximum atomic E-state index is 15.2. The number of nitrogens with zero attached hydrogens (tertiary/aromatic N) is 3. The highest BCUT2D eigenvalue weighted by molar-refractivity contribution is 7.91. The summed E-state index contributed by atoms with van der Waals surface area (Å²) >= 11 is 0. The van der Waals surface area contributed by atoms with Crippen molar-refractivity contribution in [1.29, 1.82) is 0 Å². The third-order valence-electron chi connectivity index (χ3n) is 12.8. The summed E-state index contributed by atoms with van der Waals surface area (Å²) in [5.41, 5.74) is -1.53. The maximum Gasteiger partial charge on any atom is 0.408 e. The first-order chi connectivity index (χ1) is 28.7. The van der Waals surface area contributed by atoms with Crippen molar-refractivity contribution in [2.45, 2.75) is 121 Å². The van der Waals surface area contributed by atoms with Crippen LogP contribution < -0.4 is 19.5 Å². The molecule has 3 heterocycles. The van der Waals surface area contributed by atoms with Crippen LogP contribution in [0.5, 0.6) is 11.6 Å². The number of carboxylic acid groups (broad SMARTS) is 1. The van der Waals surface area contributed by atoms with Crippen LogP contribution in [0.2, 0.25) is 0 Å². The largest absolute Gasteiger partial charge is 0.497 e. The molecule has 1 saturated heterocycles. The second-order valence-corrected chi connectivity index (χ2v) is 20.8. The van der Waals surface area contributed by atoms with Gasteiger partial charge in [-0.25, -0.2) is 22.6 Å². The number of hydrogen-bond donors (Lipinski definition) is 3. The van der Waals surface area contributed by atoms with E-state index >= 15 is 4.79 Å². The van der Waals surface area contributed by atoms with E-state index in [2.05, 4.69) is 10.0 Å². The summed E-state index contributed by atoms with van der Waals surface area (Å²) < 4.78 is 53.9. The lowest BCUT2D eigenvalue weighted by molar-refractivity contribution is -0.146. The quantitative estimate of drug-likeness (QED) is 0.213. The first kappa shape index (κ1) is 43.8. The Bertz CT molecular complexity index is 2360. The topological polar surface area (TPSA) is 185 Å². The van der Waals surface area contributed by atoms with Gasteiger partial charge in [0.25, 0.3) is 5.91 Å². The molecule has 16 heteroatoms. The Balaban J connectivity index is 1.30. The van der Waals surface area contributed by atoms with Crippen molar-refractivity contribution in [2.24, 2.45) is 17.8 Å². The summed E-state index contributed by atoms with van der Waals surface area (Å²) in [6, 6.07) is 10.6. The number of nitrogens with one attached hydrogen (secondary N) is 2. The van der Waals surface area contributed by atoms with Crippen molar-refractivity contribution in [3.8, 4) is 22.9 Å². The molecule has 4 amide bonds. The fourth-order valence-electron chi connectivity index (χ4n) is 8.91. The number of benzene rings is 2. The zero-order chi connectivity index (χ0) is 44.2. The SMILES string of the molecule is COc1ccc2c(O[C@@H]3C[C@H]4C(=O)N[C@]5(C(=O)NS(=O)(=O)C6(C)CC6)C[C@H]5/C=C\CC[C@@H](C)C[C@@H](C)[C@H](N(C(=O)O)C(C)(C)C)C(=O)N4C3)nc(-c3ccc(F)cc3)cc2c1. The van der Waals surface area contributed by atoms with Gasteiger partial charge in [0, 0.05) is 28.8 Å². The number of hydrogen-bond acceptors (Lipinski definition) is 9. The average Bonchev–Trinajstić information content (AvgIpc) is 4.07. The fraction of sp³-hybridized carbons (Fsp3) is 0.533. The molecule has 1 aromatic heterocycles. The number of rotatable bonds is 8. The van der Waals surface area contributed by atoms with E-state index < -0.39 is 85.5 Å². The number of aromatic nitrogens is 1. The maximum absolute atomic E-state index is 15.2. The van der Waals surface area contributed by atoms with Crippen LogP contribution in [0, 0.1) is 23.6 Å². The number of carbonyl (C=O) groups excluding carboxylic acids is 3. The number of sulfonamides is 1. The minimum absolute atomic E-state index is 0.0631. The van der Waals surface area contributed by atoms with Gasteiger partial charge >= 0.3 is 6.09 Å². The van der Waals surface area contributed by atoms with Crippen molar-refractivity contribution in [3.63, 3.8) is 0 Å². The number of pyridine rings is 1. The van der Waals surface area contributed by atoms with Gasteiger partial charge in [0.05, 0.1) is 24.1 Å². The number of amides is 4. The van der Waals surface area contributed by atoms with E-state index in [9.17, 15) is 32.3 Å². The molecule has 3 aromatic rings. The molecular formula is C45H56FN5O9S. The summed E-state index contributed by atoms with van der Waals surface area (Å²) in [6.07, 6.45) is 4.38. The molecule has 0 bridgehead atoms. The van der Waals surface area contributed by atoms with Crippen LogP contribution >= 0.6 is 0 Å². The third kappa shape index (κ3) is 8.78. The Morgan fingerprint density at radius 2 is 1.77 bits per heavy atom. The number of fused-ring (bicyclic) bond motifs is 3. The van der Waals surface area contributed by atoms with E-state index in [1.54, 1.807) is 65.1 Å². The van der Waals surface area contributed by atoms with Crippen LogP contribution in [-0.4, -0.2) is 99.8 Å². The Kier molecular flexibility index (Phi) is 11.7. The Labute approximate surface area is 356 Å². The van der Waals surface area contributed by atoms with Gasteiger partial charge in [-0.05, 0) is 132 Å². The van der Waals surface area contributed by atoms with Gasteiger partial charge in [-0.3, -0.25) is 24.0 Å². The molecule has 61 heavy (non-hydrogen) atoms. The van der Waals surface area contributed by atoms with Crippen molar-refractivity contribution in [1.82, 2.24) is 24.8 Å². The molecule has 4 aliphatic rings. The smallest absolute Gasteiger partial charge is 0.408 e. The van der Waals surface area contributed by atoms with Gasteiger partial charge in [-0.15, -0.1) is 0 Å². The van der Waals surface area contributed by atoms with Crippen LogP contribution in [-0.2, 0) is 24.4 Å². The lowest BCUT2D eigenvalue weighted by Crippen LogP contribution is -2.62. The van der Waals surface area contributed by atoms with Gasteiger partial charge < -0.3 is 24.8 Å². The van der Waals surface area contributed by atoms with E-state index in [0.29, 0.717) is 59.9 Å². The van der Waals surface area contributed by atoms with Crippen molar-refractivity contribution in [2.75, 3.05) is 13.7 Å². The number of halogens is 1.